The van der Waals surface area contributed by atoms with Gasteiger partial charge < -0.3 is 10.1 Å². The van der Waals surface area contributed by atoms with Gasteiger partial charge in [-0.3, -0.25) is 9.69 Å². The van der Waals surface area contributed by atoms with Crippen LogP contribution in [-0.2, 0) is 9.53 Å². The summed E-state index contributed by atoms with van der Waals surface area (Å²) in [5, 5.41) is 2.79. The lowest BCUT2D eigenvalue weighted by Crippen LogP contribution is -2.32. The van der Waals surface area contributed by atoms with Gasteiger partial charge in [0.15, 0.2) is 0 Å². The van der Waals surface area contributed by atoms with Crippen molar-refractivity contribution in [3.05, 3.63) is 0 Å². The highest BCUT2D eigenvalue weighted by atomic mass is 16.5. The molecule has 1 atom stereocenters. The summed E-state index contributed by atoms with van der Waals surface area (Å²) in [5.41, 5.74) is 0. The molecule has 1 rings (SSSR count). The summed E-state index contributed by atoms with van der Waals surface area (Å²) >= 11 is 0. The zero-order chi connectivity index (χ0) is 8.81. The fourth-order valence-corrected chi connectivity index (χ4v) is 1.49. The molecule has 12 heavy (non-hydrogen) atoms. The summed E-state index contributed by atoms with van der Waals surface area (Å²) in [4.78, 5) is 12.4. The highest BCUT2D eigenvalue weighted by Gasteiger charge is 2.20. The van der Waals surface area contributed by atoms with E-state index in [0.29, 0.717) is 6.04 Å². The molecular formula is C8H16N2O2. The lowest BCUT2D eigenvalue weighted by atomic mass is 10.3. The quantitative estimate of drug-likeness (QED) is 0.566. The van der Waals surface area contributed by atoms with E-state index < -0.39 is 0 Å². The summed E-state index contributed by atoms with van der Waals surface area (Å²) < 4.78 is 4.97. The SMILES string of the molecule is COCCN1CC[C@H](NC=O)C1. The van der Waals surface area contributed by atoms with Gasteiger partial charge in [-0.25, -0.2) is 0 Å². The van der Waals surface area contributed by atoms with Crippen LogP contribution in [0.25, 0.3) is 0 Å². The standard InChI is InChI=1S/C8H16N2O2/c1-12-5-4-10-3-2-8(6-10)9-7-11/h7-8H,2-6H2,1H3,(H,9,11)/t8-/m0/s1. The minimum atomic E-state index is 0.347. The van der Waals surface area contributed by atoms with Crippen molar-refractivity contribution in [3.8, 4) is 0 Å². The Bertz CT molecular complexity index is 141. The second kappa shape index (κ2) is 5.11. The summed E-state index contributed by atoms with van der Waals surface area (Å²) in [7, 11) is 1.71. The van der Waals surface area contributed by atoms with Gasteiger partial charge in [-0.05, 0) is 6.42 Å². The van der Waals surface area contributed by atoms with Gasteiger partial charge in [-0.1, -0.05) is 0 Å². The van der Waals surface area contributed by atoms with Crippen LogP contribution < -0.4 is 5.32 Å². The van der Waals surface area contributed by atoms with Crippen LogP contribution in [0.5, 0.6) is 0 Å². The summed E-state index contributed by atoms with van der Waals surface area (Å²) in [6.07, 6.45) is 1.84. The molecule has 0 unspecified atom stereocenters. The molecule has 0 saturated carbocycles. The largest absolute Gasteiger partial charge is 0.383 e. The second-order valence-corrected chi connectivity index (χ2v) is 3.06. The molecular weight excluding hydrogens is 156 g/mol. The molecule has 0 spiro atoms. The Morgan fingerprint density at radius 3 is 3.25 bits per heavy atom. The second-order valence-electron chi connectivity index (χ2n) is 3.06. The van der Waals surface area contributed by atoms with Gasteiger partial charge in [0, 0.05) is 32.8 Å². The third-order valence-corrected chi connectivity index (χ3v) is 2.19. The summed E-state index contributed by atoms with van der Waals surface area (Å²) in [5.74, 6) is 0. The summed E-state index contributed by atoms with van der Waals surface area (Å²) in [6, 6.07) is 0.347. The number of carbonyl (C=O) groups is 1. The molecule has 4 nitrogen and oxygen atoms in total. The number of nitrogens with one attached hydrogen (secondary N) is 1. The van der Waals surface area contributed by atoms with Crippen LogP contribution in [-0.4, -0.2) is 50.7 Å². The van der Waals surface area contributed by atoms with Crippen molar-refractivity contribution in [2.45, 2.75) is 12.5 Å². The predicted molar refractivity (Wildman–Crippen MR) is 45.9 cm³/mol. The van der Waals surface area contributed by atoms with Crippen LogP contribution in [0, 0.1) is 0 Å². The zero-order valence-corrected chi connectivity index (χ0v) is 7.45. The molecule has 0 aromatic heterocycles. The van der Waals surface area contributed by atoms with Crippen molar-refractivity contribution in [2.24, 2.45) is 0 Å². The molecule has 1 fully saturated rings. The van der Waals surface area contributed by atoms with Gasteiger partial charge in [0.1, 0.15) is 0 Å². The first-order chi connectivity index (χ1) is 5.86. The van der Waals surface area contributed by atoms with Gasteiger partial charge in [0.05, 0.1) is 6.61 Å². The van der Waals surface area contributed by atoms with Crippen molar-refractivity contribution in [3.63, 3.8) is 0 Å². The molecule has 1 heterocycles. The molecule has 0 aromatic rings. The number of ether oxygens (including phenoxy) is 1. The van der Waals surface area contributed by atoms with E-state index in [9.17, 15) is 4.79 Å². The van der Waals surface area contributed by atoms with Crippen molar-refractivity contribution in [2.75, 3.05) is 33.4 Å². The minimum Gasteiger partial charge on any atom is -0.383 e. The van der Waals surface area contributed by atoms with E-state index in [-0.39, 0.29) is 0 Å². The van der Waals surface area contributed by atoms with E-state index in [1.807, 2.05) is 0 Å². The first-order valence-corrected chi connectivity index (χ1v) is 4.28. The third-order valence-electron chi connectivity index (χ3n) is 2.19. The molecule has 1 N–H and O–H groups in total. The fourth-order valence-electron chi connectivity index (χ4n) is 1.49. The number of likely N-dealkylation sites (tertiary alicyclic amines) is 1. The van der Waals surface area contributed by atoms with E-state index in [1.165, 1.54) is 0 Å². The number of methoxy groups -OCH3 is 1. The van der Waals surface area contributed by atoms with Crippen molar-refractivity contribution < 1.29 is 9.53 Å². The van der Waals surface area contributed by atoms with Crippen molar-refractivity contribution >= 4 is 6.41 Å². The highest BCUT2D eigenvalue weighted by Crippen LogP contribution is 2.07. The average Bonchev–Trinajstić information content (AvgIpc) is 2.50. The van der Waals surface area contributed by atoms with E-state index in [4.69, 9.17) is 4.74 Å². The maximum Gasteiger partial charge on any atom is 0.207 e. The van der Waals surface area contributed by atoms with E-state index >= 15 is 0 Å². The van der Waals surface area contributed by atoms with Gasteiger partial charge >= 0.3 is 0 Å². The molecule has 0 aromatic carbocycles. The average molecular weight is 172 g/mol. The van der Waals surface area contributed by atoms with Crippen LogP contribution in [0.4, 0.5) is 0 Å². The molecule has 70 valence electrons. The van der Waals surface area contributed by atoms with E-state index in [1.54, 1.807) is 7.11 Å². The maximum atomic E-state index is 10.1. The number of amides is 1. The molecule has 1 aliphatic rings. The van der Waals surface area contributed by atoms with Gasteiger partial charge in [0.25, 0.3) is 0 Å². The predicted octanol–water partition coefficient (Wildman–Crippen LogP) is -0.547. The fraction of sp³-hybridized carbons (Fsp3) is 0.875. The van der Waals surface area contributed by atoms with Crippen molar-refractivity contribution in [1.29, 1.82) is 0 Å². The highest BCUT2D eigenvalue weighted by molar-refractivity contribution is 5.46. The molecule has 1 aliphatic heterocycles. The van der Waals surface area contributed by atoms with Crippen LogP contribution in [0.3, 0.4) is 0 Å². The topological polar surface area (TPSA) is 41.6 Å². The monoisotopic (exact) mass is 172 g/mol. The molecule has 0 radical (unpaired) electrons. The Kier molecular flexibility index (Phi) is 4.04. The third kappa shape index (κ3) is 2.79. The van der Waals surface area contributed by atoms with Crippen LogP contribution in [0.15, 0.2) is 0 Å². The van der Waals surface area contributed by atoms with E-state index in [0.717, 1.165) is 39.1 Å². The molecule has 1 saturated heterocycles. The Hall–Kier alpha value is -0.610. The lowest BCUT2D eigenvalue weighted by molar-refractivity contribution is -0.110. The van der Waals surface area contributed by atoms with E-state index in [2.05, 4.69) is 10.2 Å². The minimum absolute atomic E-state index is 0.347. The van der Waals surface area contributed by atoms with Crippen LogP contribution >= 0.6 is 0 Å². The number of rotatable bonds is 5. The lowest BCUT2D eigenvalue weighted by Gasteiger charge is -2.14. The molecule has 1 amide bonds. The number of carbonyl (C=O) groups excluding carboxylic acids is 1. The van der Waals surface area contributed by atoms with Gasteiger partial charge in [-0.2, -0.15) is 0 Å². The van der Waals surface area contributed by atoms with Crippen LogP contribution in [0.1, 0.15) is 6.42 Å². The smallest absolute Gasteiger partial charge is 0.207 e. The van der Waals surface area contributed by atoms with Gasteiger partial charge in [-0.15, -0.1) is 0 Å². The number of nitrogens with zero attached hydrogens (tertiary/aromatic N) is 1. The zero-order valence-electron chi connectivity index (χ0n) is 7.45. The maximum absolute atomic E-state index is 10.1. The van der Waals surface area contributed by atoms with Crippen LogP contribution in [0.2, 0.25) is 0 Å². The molecule has 0 aliphatic carbocycles. The first-order valence-electron chi connectivity index (χ1n) is 4.28. The number of hydrogen-bond donors (Lipinski definition) is 1. The first kappa shape index (κ1) is 9.48. The Morgan fingerprint density at radius 2 is 2.58 bits per heavy atom. The Balaban J connectivity index is 2.12. The molecule has 4 heteroatoms. The summed E-state index contributed by atoms with van der Waals surface area (Å²) in [6.45, 7) is 3.76. The van der Waals surface area contributed by atoms with Gasteiger partial charge in [0.2, 0.25) is 6.41 Å². The Labute approximate surface area is 72.9 Å². The molecule has 0 bridgehead atoms. The number of hydrogen-bond acceptors (Lipinski definition) is 3. The normalized spacial score (nSPS) is 24.2. The Morgan fingerprint density at radius 1 is 1.75 bits per heavy atom. The van der Waals surface area contributed by atoms with Crippen molar-refractivity contribution in [1.82, 2.24) is 10.2 Å².